The lowest BCUT2D eigenvalue weighted by Gasteiger charge is -2.27. The van der Waals surface area contributed by atoms with Gasteiger partial charge in [0, 0.05) is 11.9 Å². The van der Waals surface area contributed by atoms with E-state index in [4.69, 9.17) is 11.6 Å². The Bertz CT molecular complexity index is 1060. The maximum Gasteiger partial charge on any atom is 0.266 e. The number of fused-ring (bicyclic) bond motifs is 1. The van der Waals surface area contributed by atoms with Crippen LogP contribution in [0.15, 0.2) is 53.7 Å². The van der Waals surface area contributed by atoms with Crippen LogP contribution in [-0.4, -0.2) is 23.6 Å². The topological polar surface area (TPSA) is 69.7 Å². The molecular formula is C21H18ClN3O3. The van der Waals surface area contributed by atoms with Crippen LogP contribution in [0.25, 0.3) is 0 Å². The molecule has 1 fully saturated rings. The second-order valence-electron chi connectivity index (χ2n) is 6.93. The lowest BCUT2D eigenvalue weighted by Crippen LogP contribution is -2.46. The molecule has 6 nitrogen and oxygen atoms in total. The molecule has 2 aliphatic heterocycles. The number of nitrogens with zero attached hydrogens (tertiary/aromatic N) is 2. The maximum atomic E-state index is 13.3. The van der Waals surface area contributed by atoms with Gasteiger partial charge >= 0.3 is 0 Å². The predicted octanol–water partition coefficient (Wildman–Crippen LogP) is 3.07. The minimum atomic E-state index is -0.926. The van der Waals surface area contributed by atoms with E-state index in [2.05, 4.69) is 5.43 Å². The van der Waals surface area contributed by atoms with E-state index in [0.29, 0.717) is 16.4 Å². The fraction of sp³-hybridized carbons (Fsp3) is 0.190. The number of amides is 2. The van der Waals surface area contributed by atoms with Crippen LogP contribution in [0, 0.1) is 13.8 Å². The number of rotatable bonds is 3. The minimum absolute atomic E-state index is 0.136. The van der Waals surface area contributed by atoms with Crippen molar-refractivity contribution < 1.29 is 14.4 Å². The van der Waals surface area contributed by atoms with E-state index >= 15 is 0 Å². The van der Waals surface area contributed by atoms with Gasteiger partial charge in [0.15, 0.2) is 11.8 Å². The van der Waals surface area contributed by atoms with Crippen molar-refractivity contribution in [1.29, 1.82) is 0 Å². The molecule has 0 unspecified atom stereocenters. The van der Waals surface area contributed by atoms with E-state index in [1.807, 2.05) is 26.0 Å². The molecule has 2 aromatic rings. The van der Waals surface area contributed by atoms with E-state index in [9.17, 15) is 14.4 Å². The quantitative estimate of drug-likeness (QED) is 0.809. The number of carbonyl (C=O) groups excluding carboxylic acids is 3. The number of aryl methyl sites for hydroxylation is 1. The van der Waals surface area contributed by atoms with Crippen molar-refractivity contribution in [2.45, 2.75) is 26.8 Å². The fourth-order valence-corrected chi connectivity index (χ4v) is 3.74. The average molecular weight is 396 g/mol. The van der Waals surface area contributed by atoms with Gasteiger partial charge < -0.3 is 0 Å². The Kier molecular flexibility index (Phi) is 4.23. The van der Waals surface area contributed by atoms with Crippen molar-refractivity contribution in [2.75, 3.05) is 9.91 Å². The highest BCUT2D eigenvalue weighted by Gasteiger charge is 2.53. The van der Waals surface area contributed by atoms with Gasteiger partial charge in [-0.3, -0.25) is 24.8 Å². The van der Waals surface area contributed by atoms with E-state index in [1.165, 1.54) is 6.92 Å². The van der Waals surface area contributed by atoms with Gasteiger partial charge in [0.2, 0.25) is 0 Å². The number of allylic oxidation sites excluding steroid dienone is 1. The van der Waals surface area contributed by atoms with Crippen molar-refractivity contribution in [1.82, 2.24) is 5.43 Å². The molecule has 1 atom stereocenters. The molecule has 7 heteroatoms. The highest BCUT2D eigenvalue weighted by molar-refractivity contribution is 6.34. The Morgan fingerprint density at radius 2 is 1.75 bits per heavy atom. The Labute approximate surface area is 167 Å². The summed E-state index contributed by atoms with van der Waals surface area (Å²) in [6, 6.07) is 11.5. The molecule has 0 aromatic heterocycles. The molecule has 0 spiro atoms. The third-order valence-electron chi connectivity index (χ3n) is 5.06. The molecule has 2 heterocycles. The number of hydrazine groups is 1. The number of anilines is 2. The Morgan fingerprint density at radius 1 is 1.07 bits per heavy atom. The van der Waals surface area contributed by atoms with Crippen LogP contribution in [0.3, 0.4) is 0 Å². The van der Waals surface area contributed by atoms with Crippen LogP contribution in [0.4, 0.5) is 11.4 Å². The van der Waals surface area contributed by atoms with Crippen LogP contribution in [0.1, 0.15) is 18.1 Å². The molecule has 0 bridgehead atoms. The van der Waals surface area contributed by atoms with Crippen molar-refractivity contribution >= 4 is 40.6 Å². The normalized spacial score (nSPS) is 18.6. The number of carbonyl (C=O) groups is 3. The van der Waals surface area contributed by atoms with Crippen LogP contribution in [0.5, 0.6) is 0 Å². The number of hydrogen-bond acceptors (Lipinski definition) is 5. The van der Waals surface area contributed by atoms with E-state index in [-0.39, 0.29) is 17.1 Å². The third kappa shape index (κ3) is 2.60. The monoisotopic (exact) mass is 395 g/mol. The maximum absolute atomic E-state index is 13.3. The average Bonchev–Trinajstić information content (AvgIpc) is 3.16. The largest absolute Gasteiger partial charge is 0.293 e. The molecule has 2 aromatic carbocycles. The minimum Gasteiger partial charge on any atom is -0.293 e. The summed E-state index contributed by atoms with van der Waals surface area (Å²) < 4.78 is 0. The fourth-order valence-electron chi connectivity index (χ4n) is 3.57. The number of imide groups is 1. The van der Waals surface area contributed by atoms with E-state index in [0.717, 1.165) is 16.0 Å². The van der Waals surface area contributed by atoms with Gasteiger partial charge in [-0.05, 0) is 43.7 Å². The Hall–Kier alpha value is -3.12. The molecule has 1 N–H and O–H groups in total. The molecule has 2 aliphatic rings. The first-order valence-corrected chi connectivity index (χ1v) is 9.20. The van der Waals surface area contributed by atoms with Gasteiger partial charge in [-0.1, -0.05) is 35.4 Å². The zero-order chi connectivity index (χ0) is 20.2. The van der Waals surface area contributed by atoms with Crippen molar-refractivity contribution in [3.63, 3.8) is 0 Å². The molecule has 1 saturated heterocycles. The molecular weight excluding hydrogens is 378 g/mol. The van der Waals surface area contributed by atoms with E-state index in [1.54, 1.807) is 35.3 Å². The molecule has 2 amide bonds. The van der Waals surface area contributed by atoms with Crippen LogP contribution in [0.2, 0.25) is 5.02 Å². The second-order valence-corrected chi connectivity index (χ2v) is 7.33. The molecule has 0 aliphatic carbocycles. The summed E-state index contributed by atoms with van der Waals surface area (Å²) in [5.41, 5.74) is 6.14. The summed E-state index contributed by atoms with van der Waals surface area (Å²) in [5, 5.41) is 2.09. The Morgan fingerprint density at radius 3 is 2.39 bits per heavy atom. The summed E-state index contributed by atoms with van der Waals surface area (Å²) in [6.07, 6.45) is 0. The SMILES string of the molecule is CC(=O)C1=C2C(=O)N(c3ccc(C)cc3)C(=O)[C@H]2N(c2cccc(Cl)c2C)N1. The van der Waals surface area contributed by atoms with Crippen LogP contribution in [-0.2, 0) is 14.4 Å². The number of benzene rings is 2. The number of halogens is 1. The van der Waals surface area contributed by atoms with Gasteiger partial charge in [-0.25, -0.2) is 4.90 Å². The van der Waals surface area contributed by atoms with Crippen molar-refractivity contribution in [2.24, 2.45) is 0 Å². The van der Waals surface area contributed by atoms with Crippen molar-refractivity contribution in [3.8, 4) is 0 Å². The van der Waals surface area contributed by atoms with E-state index < -0.39 is 17.9 Å². The molecule has 142 valence electrons. The lowest BCUT2D eigenvalue weighted by molar-refractivity contribution is -0.121. The summed E-state index contributed by atoms with van der Waals surface area (Å²) in [7, 11) is 0. The number of hydrogen-bond donors (Lipinski definition) is 1. The highest BCUT2D eigenvalue weighted by Crippen LogP contribution is 2.38. The first-order valence-electron chi connectivity index (χ1n) is 8.82. The standard InChI is InChI=1S/C21H18ClN3O3/c1-11-7-9-14(10-8-11)24-20(27)17-18(13(3)26)23-25(19(17)21(24)28)16-6-4-5-15(22)12(16)2/h4-10,19,23H,1-3H3/t19-/m0/s1. The van der Waals surface area contributed by atoms with Gasteiger partial charge in [-0.2, -0.15) is 0 Å². The van der Waals surface area contributed by atoms with Gasteiger partial charge in [0.05, 0.1) is 16.9 Å². The van der Waals surface area contributed by atoms with Gasteiger partial charge in [0.25, 0.3) is 11.8 Å². The number of ketones is 1. The number of Topliss-reactive ketones (excluding diaryl/α,β-unsaturated/α-hetero) is 1. The van der Waals surface area contributed by atoms with Crippen molar-refractivity contribution in [3.05, 3.63) is 69.9 Å². The lowest BCUT2D eigenvalue weighted by atomic mass is 10.1. The first kappa shape index (κ1) is 18.3. The Balaban J connectivity index is 1.84. The zero-order valence-corrected chi connectivity index (χ0v) is 16.4. The molecule has 0 saturated carbocycles. The number of nitrogens with one attached hydrogen (secondary N) is 1. The smallest absolute Gasteiger partial charge is 0.266 e. The summed E-state index contributed by atoms with van der Waals surface area (Å²) in [6.45, 7) is 5.12. The highest BCUT2D eigenvalue weighted by atomic mass is 35.5. The summed E-state index contributed by atoms with van der Waals surface area (Å²) >= 11 is 6.24. The third-order valence-corrected chi connectivity index (χ3v) is 5.47. The second kappa shape index (κ2) is 6.49. The zero-order valence-electron chi connectivity index (χ0n) is 15.6. The molecule has 0 radical (unpaired) electrons. The van der Waals surface area contributed by atoms with Crippen LogP contribution >= 0.6 is 11.6 Å². The van der Waals surface area contributed by atoms with Gasteiger partial charge in [0.1, 0.15) is 5.70 Å². The molecule has 28 heavy (non-hydrogen) atoms. The van der Waals surface area contributed by atoms with Crippen LogP contribution < -0.4 is 15.3 Å². The first-order chi connectivity index (χ1) is 13.3. The molecule has 4 rings (SSSR count). The summed E-state index contributed by atoms with van der Waals surface area (Å²) in [4.78, 5) is 39.7. The summed E-state index contributed by atoms with van der Waals surface area (Å²) in [5.74, 6) is -1.21. The van der Waals surface area contributed by atoms with Gasteiger partial charge in [-0.15, -0.1) is 0 Å². The predicted molar refractivity (Wildman–Crippen MR) is 107 cm³/mol.